The molecule has 18 heavy (non-hydrogen) atoms. The summed E-state index contributed by atoms with van der Waals surface area (Å²) in [4.78, 5) is 14.5. The van der Waals surface area contributed by atoms with Crippen LogP contribution in [0.2, 0.25) is 0 Å². The molecule has 1 aromatic rings. The van der Waals surface area contributed by atoms with E-state index in [2.05, 4.69) is 10.3 Å². The van der Waals surface area contributed by atoms with Crippen molar-refractivity contribution in [3.05, 3.63) is 23.6 Å². The van der Waals surface area contributed by atoms with Crippen LogP contribution >= 0.6 is 11.8 Å². The van der Waals surface area contributed by atoms with Crippen LogP contribution in [0.3, 0.4) is 0 Å². The number of aliphatic hydroxyl groups is 1. The van der Waals surface area contributed by atoms with Crippen molar-refractivity contribution in [3.63, 3.8) is 0 Å². The first-order valence-corrected chi connectivity index (χ1v) is 6.58. The predicted octanol–water partition coefficient (Wildman–Crippen LogP) is 1.44. The van der Waals surface area contributed by atoms with Gasteiger partial charge >= 0.3 is 5.97 Å². The Morgan fingerprint density at radius 2 is 2.33 bits per heavy atom. The third-order valence-electron chi connectivity index (χ3n) is 2.52. The van der Waals surface area contributed by atoms with Crippen molar-refractivity contribution in [1.82, 2.24) is 4.98 Å². The molecule has 0 saturated heterocycles. The van der Waals surface area contributed by atoms with Gasteiger partial charge in [0.15, 0.2) is 11.6 Å². The van der Waals surface area contributed by atoms with Crippen molar-refractivity contribution >= 4 is 23.5 Å². The van der Waals surface area contributed by atoms with E-state index in [9.17, 15) is 9.18 Å². The number of aromatic nitrogens is 1. The Morgan fingerprint density at radius 1 is 1.67 bits per heavy atom. The minimum atomic E-state index is -1.34. The van der Waals surface area contributed by atoms with Crippen LogP contribution < -0.4 is 5.32 Å². The molecule has 0 saturated carbocycles. The monoisotopic (exact) mass is 274 g/mol. The molecule has 0 amide bonds. The van der Waals surface area contributed by atoms with E-state index >= 15 is 0 Å². The van der Waals surface area contributed by atoms with Crippen molar-refractivity contribution in [2.75, 3.05) is 18.2 Å². The van der Waals surface area contributed by atoms with E-state index in [0.717, 1.165) is 6.07 Å². The van der Waals surface area contributed by atoms with Crippen LogP contribution in [0, 0.1) is 5.82 Å². The van der Waals surface area contributed by atoms with E-state index in [1.54, 1.807) is 6.92 Å². The largest absolute Gasteiger partial charge is 0.478 e. The number of carboxylic acid groups (broad SMARTS) is 1. The molecule has 0 aromatic carbocycles. The van der Waals surface area contributed by atoms with E-state index < -0.39 is 17.3 Å². The van der Waals surface area contributed by atoms with Gasteiger partial charge in [-0.3, -0.25) is 0 Å². The highest BCUT2D eigenvalue weighted by Gasteiger charge is 2.20. The van der Waals surface area contributed by atoms with E-state index in [0.29, 0.717) is 0 Å². The lowest BCUT2D eigenvalue weighted by molar-refractivity contribution is 0.0692. The Balaban J connectivity index is 2.91. The molecule has 2 unspecified atom stereocenters. The minimum absolute atomic E-state index is 0.0599. The van der Waals surface area contributed by atoms with Crippen molar-refractivity contribution in [1.29, 1.82) is 0 Å². The molecular weight excluding hydrogens is 259 g/mol. The van der Waals surface area contributed by atoms with Crippen LogP contribution in [0.4, 0.5) is 10.2 Å². The smallest absolute Gasteiger partial charge is 0.338 e. The highest BCUT2D eigenvalue weighted by Crippen LogP contribution is 2.19. The van der Waals surface area contributed by atoms with Crippen molar-refractivity contribution in [2.45, 2.75) is 18.2 Å². The summed E-state index contributed by atoms with van der Waals surface area (Å²) in [6.45, 7) is 1.71. The standard InChI is InChI=1S/C11H15FN2O3S/c1-6(8(5-15)18-2)14-10-9(12)7(11(16)17)3-4-13-10/h3-4,6,8,15H,5H2,1-2H3,(H,13,14)(H,16,17). The molecule has 1 heterocycles. The zero-order chi connectivity index (χ0) is 13.7. The average molecular weight is 274 g/mol. The maximum absolute atomic E-state index is 13.8. The second kappa shape index (κ2) is 6.55. The summed E-state index contributed by atoms with van der Waals surface area (Å²) in [6, 6.07) is 0.863. The van der Waals surface area contributed by atoms with Gasteiger partial charge in [0.25, 0.3) is 0 Å². The van der Waals surface area contributed by atoms with Gasteiger partial charge in [-0.1, -0.05) is 0 Å². The maximum Gasteiger partial charge on any atom is 0.338 e. The number of carboxylic acids is 1. The minimum Gasteiger partial charge on any atom is -0.478 e. The van der Waals surface area contributed by atoms with Crippen LogP contribution in [0.25, 0.3) is 0 Å². The highest BCUT2D eigenvalue weighted by atomic mass is 32.2. The molecule has 5 nitrogen and oxygen atoms in total. The molecule has 3 N–H and O–H groups in total. The van der Waals surface area contributed by atoms with Crippen LogP contribution in [-0.2, 0) is 0 Å². The van der Waals surface area contributed by atoms with E-state index in [1.807, 2.05) is 6.26 Å². The molecule has 0 aliphatic carbocycles. The summed E-state index contributed by atoms with van der Waals surface area (Å²) in [5, 5.41) is 20.6. The highest BCUT2D eigenvalue weighted by molar-refractivity contribution is 7.99. The molecule has 7 heteroatoms. The third kappa shape index (κ3) is 3.33. The summed E-state index contributed by atoms with van der Waals surface area (Å²) in [6.07, 6.45) is 3.06. The van der Waals surface area contributed by atoms with Crippen LogP contribution in [0.1, 0.15) is 17.3 Å². The first kappa shape index (κ1) is 14.7. The fourth-order valence-electron chi connectivity index (χ4n) is 1.45. The Kier molecular flexibility index (Phi) is 5.36. The van der Waals surface area contributed by atoms with Gasteiger partial charge in [0.2, 0.25) is 0 Å². The van der Waals surface area contributed by atoms with Gasteiger partial charge in [-0.2, -0.15) is 11.8 Å². The Bertz CT molecular complexity index is 427. The molecule has 0 radical (unpaired) electrons. The fourth-order valence-corrected chi connectivity index (χ4v) is 2.08. The van der Waals surface area contributed by atoms with E-state index in [1.165, 1.54) is 18.0 Å². The number of hydrogen-bond donors (Lipinski definition) is 3. The number of aromatic carboxylic acids is 1. The first-order chi connectivity index (χ1) is 8.51. The van der Waals surface area contributed by atoms with Crippen LogP contribution in [0.15, 0.2) is 12.3 Å². The topological polar surface area (TPSA) is 82.5 Å². The zero-order valence-electron chi connectivity index (χ0n) is 10.1. The molecule has 0 aliphatic heterocycles. The van der Waals surface area contributed by atoms with Crippen molar-refractivity contribution in [3.8, 4) is 0 Å². The normalized spacial score (nSPS) is 14.0. The fraction of sp³-hybridized carbons (Fsp3) is 0.455. The Labute approximate surface area is 108 Å². The summed E-state index contributed by atoms with van der Waals surface area (Å²) in [5.41, 5.74) is -0.426. The molecule has 100 valence electrons. The van der Waals surface area contributed by atoms with Gasteiger partial charge in [0.05, 0.1) is 6.61 Å². The quantitative estimate of drug-likeness (QED) is 0.728. The van der Waals surface area contributed by atoms with Crippen molar-refractivity contribution in [2.24, 2.45) is 0 Å². The summed E-state index contributed by atoms with van der Waals surface area (Å²) < 4.78 is 13.8. The number of thioether (sulfide) groups is 1. The third-order valence-corrected chi connectivity index (χ3v) is 3.69. The van der Waals surface area contributed by atoms with Gasteiger partial charge in [0, 0.05) is 17.5 Å². The van der Waals surface area contributed by atoms with Gasteiger partial charge in [-0.25, -0.2) is 14.2 Å². The summed E-state index contributed by atoms with van der Waals surface area (Å²) >= 11 is 1.43. The predicted molar refractivity (Wildman–Crippen MR) is 68.6 cm³/mol. The maximum atomic E-state index is 13.8. The molecule has 1 aromatic heterocycles. The van der Waals surface area contributed by atoms with Crippen LogP contribution in [0.5, 0.6) is 0 Å². The lowest BCUT2D eigenvalue weighted by Crippen LogP contribution is -2.31. The Morgan fingerprint density at radius 3 is 2.83 bits per heavy atom. The molecule has 0 spiro atoms. The lowest BCUT2D eigenvalue weighted by Gasteiger charge is -2.22. The van der Waals surface area contributed by atoms with E-state index in [4.69, 9.17) is 10.2 Å². The first-order valence-electron chi connectivity index (χ1n) is 5.29. The molecule has 0 aliphatic rings. The number of rotatable bonds is 6. The number of nitrogens with zero attached hydrogens (tertiary/aromatic N) is 1. The molecule has 0 bridgehead atoms. The molecule has 1 rings (SSSR count). The van der Waals surface area contributed by atoms with Gasteiger partial charge in [-0.05, 0) is 19.2 Å². The number of hydrogen-bond acceptors (Lipinski definition) is 5. The molecule has 2 atom stereocenters. The number of pyridine rings is 1. The second-order valence-electron chi connectivity index (χ2n) is 3.72. The van der Waals surface area contributed by atoms with Gasteiger partial charge in [0.1, 0.15) is 5.56 Å². The molecular formula is C11H15FN2O3S. The molecule has 0 fully saturated rings. The number of nitrogens with one attached hydrogen (secondary N) is 1. The summed E-state index contributed by atoms with van der Waals surface area (Å²) in [5.74, 6) is -2.35. The SMILES string of the molecule is CSC(CO)C(C)Nc1nccc(C(=O)O)c1F. The number of halogens is 1. The average Bonchev–Trinajstić information content (AvgIpc) is 2.33. The lowest BCUT2D eigenvalue weighted by atomic mass is 10.2. The number of anilines is 1. The van der Waals surface area contributed by atoms with Gasteiger partial charge in [-0.15, -0.1) is 0 Å². The number of carbonyl (C=O) groups is 1. The van der Waals surface area contributed by atoms with Gasteiger partial charge < -0.3 is 15.5 Å². The Hall–Kier alpha value is -1.34. The van der Waals surface area contributed by atoms with E-state index in [-0.39, 0.29) is 23.7 Å². The number of aliphatic hydroxyl groups excluding tert-OH is 1. The summed E-state index contributed by atoms with van der Waals surface area (Å²) in [7, 11) is 0. The van der Waals surface area contributed by atoms with Crippen molar-refractivity contribution < 1.29 is 19.4 Å². The zero-order valence-corrected chi connectivity index (χ0v) is 10.9. The second-order valence-corrected chi connectivity index (χ2v) is 4.79. The van der Waals surface area contributed by atoms with Crippen LogP contribution in [-0.4, -0.2) is 45.3 Å².